The predicted molar refractivity (Wildman–Crippen MR) is 81.7 cm³/mol. The van der Waals surface area contributed by atoms with Gasteiger partial charge < -0.3 is 15.4 Å². The summed E-state index contributed by atoms with van der Waals surface area (Å²) in [6, 6.07) is 10.8. The Labute approximate surface area is 123 Å². The third-order valence-electron chi connectivity index (χ3n) is 2.76. The molecule has 21 heavy (non-hydrogen) atoms. The van der Waals surface area contributed by atoms with Crippen LogP contribution >= 0.6 is 0 Å². The van der Waals surface area contributed by atoms with Crippen LogP contribution in [0.4, 0.5) is 11.5 Å². The first-order chi connectivity index (χ1) is 10.3. The second-order valence-corrected chi connectivity index (χ2v) is 4.11. The highest BCUT2D eigenvalue weighted by Crippen LogP contribution is 2.27. The fourth-order valence-electron chi connectivity index (χ4n) is 1.79. The Hall–Kier alpha value is -3.00. The van der Waals surface area contributed by atoms with E-state index in [1.165, 1.54) is 0 Å². The van der Waals surface area contributed by atoms with Crippen LogP contribution in [0.15, 0.2) is 42.6 Å². The number of nitrogens with zero attached hydrogens (tertiary/aromatic N) is 1. The molecule has 0 saturated carbocycles. The highest BCUT2D eigenvalue weighted by molar-refractivity contribution is 5.99. The van der Waals surface area contributed by atoms with Crippen molar-refractivity contribution in [2.24, 2.45) is 0 Å². The van der Waals surface area contributed by atoms with E-state index in [4.69, 9.17) is 11.2 Å². The number of nitrogens with one attached hydrogen (secondary N) is 2. The lowest BCUT2D eigenvalue weighted by Crippen LogP contribution is -2.24. The molecule has 5 nitrogen and oxygen atoms in total. The van der Waals surface area contributed by atoms with Crippen molar-refractivity contribution in [3.8, 4) is 18.1 Å². The zero-order valence-electron chi connectivity index (χ0n) is 11.6. The Balaban J connectivity index is 2.28. The van der Waals surface area contributed by atoms with Gasteiger partial charge in [0, 0.05) is 6.20 Å². The van der Waals surface area contributed by atoms with Gasteiger partial charge in [-0.25, -0.2) is 4.98 Å². The average Bonchev–Trinajstić information content (AvgIpc) is 2.53. The highest BCUT2D eigenvalue weighted by atomic mass is 16.5. The number of methoxy groups -OCH3 is 1. The molecule has 0 aliphatic heterocycles. The number of carbonyl (C=O) groups is 1. The molecule has 2 N–H and O–H groups in total. The van der Waals surface area contributed by atoms with Crippen molar-refractivity contribution in [1.82, 2.24) is 10.3 Å². The summed E-state index contributed by atoms with van der Waals surface area (Å²) in [7, 11) is 1.58. The maximum absolute atomic E-state index is 12.1. The monoisotopic (exact) mass is 281 g/mol. The van der Waals surface area contributed by atoms with E-state index in [0.717, 1.165) is 5.69 Å². The number of para-hydroxylation sites is 2. The Morgan fingerprint density at radius 3 is 2.90 bits per heavy atom. The molecule has 0 aliphatic rings. The van der Waals surface area contributed by atoms with E-state index in [1.807, 2.05) is 24.3 Å². The molecule has 0 spiro atoms. The number of rotatable bonds is 5. The van der Waals surface area contributed by atoms with Crippen LogP contribution in [-0.4, -0.2) is 24.5 Å². The van der Waals surface area contributed by atoms with Crippen LogP contribution < -0.4 is 15.4 Å². The van der Waals surface area contributed by atoms with E-state index >= 15 is 0 Å². The van der Waals surface area contributed by atoms with E-state index < -0.39 is 0 Å². The molecule has 1 heterocycles. The van der Waals surface area contributed by atoms with Gasteiger partial charge in [-0.15, -0.1) is 6.42 Å². The molecular formula is C16H15N3O2. The molecule has 0 fully saturated rings. The first-order valence-electron chi connectivity index (χ1n) is 6.33. The predicted octanol–water partition coefficient (Wildman–Crippen LogP) is 2.20. The van der Waals surface area contributed by atoms with Crippen molar-refractivity contribution in [1.29, 1.82) is 0 Å². The van der Waals surface area contributed by atoms with Crippen LogP contribution in [0.5, 0.6) is 5.75 Å². The van der Waals surface area contributed by atoms with E-state index in [2.05, 4.69) is 21.5 Å². The van der Waals surface area contributed by atoms with Crippen LogP contribution in [0.2, 0.25) is 0 Å². The number of ether oxygens (including phenoxy) is 1. The first kappa shape index (κ1) is 14.4. The molecule has 1 amide bonds. The summed E-state index contributed by atoms with van der Waals surface area (Å²) in [6.45, 7) is 0.168. The molecule has 0 saturated heterocycles. The van der Waals surface area contributed by atoms with Gasteiger partial charge in [-0.3, -0.25) is 4.79 Å². The summed E-state index contributed by atoms with van der Waals surface area (Å²) < 4.78 is 5.27. The van der Waals surface area contributed by atoms with Gasteiger partial charge in [0.25, 0.3) is 5.91 Å². The van der Waals surface area contributed by atoms with E-state index in [1.54, 1.807) is 25.4 Å². The molecule has 1 aromatic carbocycles. The summed E-state index contributed by atoms with van der Waals surface area (Å²) in [5.41, 5.74) is 1.14. The second kappa shape index (κ2) is 6.96. The number of anilines is 2. The summed E-state index contributed by atoms with van der Waals surface area (Å²) in [4.78, 5) is 16.3. The molecule has 0 atom stereocenters. The molecule has 0 unspecified atom stereocenters. The van der Waals surface area contributed by atoms with Crippen molar-refractivity contribution < 1.29 is 9.53 Å². The fraction of sp³-hybridized carbons (Fsp3) is 0.125. The van der Waals surface area contributed by atoms with Crippen LogP contribution in [0.25, 0.3) is 0 Å². The highest BCUT2D eigenvalue weighted by Gasteiger charge is 2.13. The molecule has 106 valence electrons. The molecule has 5 heteroatoms. The second-order valence-electron chi connectivity index (χ2n) is 4.11. The summed E-state index contributed by atoms with van der Waals surface area (Å²) in [5, 5.41) is 5.72. The van der Waals surface area contributed by atoms with E-state index in [9.17, 15) is 4.79 Å². The number of hydrogen-bond donors (Lipinski definition) is 2. The van der Waals surface area contributed by atoms with Crippen molar-refractivity contribution in [3.05, 3.63) is 48.2 Å². The molecule has 0 radical (unpaired) electrons. The van der Waals surface area contributed by atoms with Gasteiger partial charge in [0.1, 0.15) is 11.6 Å². The van der Waals surface area contributed by atoms with E-state index in [0.29, 0.717) is 17.1 Å². The maximum atomic E-state index is 12.1. The number of terminal acetylenes is 1. The topological polar surface area (TPSA) is 63.2 Å². The van der Waals surface area contributed by atoms with Gasteiger partial charge in [-0.2, -0.15) is 0 Å². The minimum atomic E-state index is -0.279. The quantitative estimate of drug-likeness (QED) is 0.825. The number of benzene rings is 1. The van der Waals surface area contributed by atoms with Gasteiger partial charge >= 0.3 is 0 Å². The van der Waals surface area contributed by atoms with Crippen molar-refractivity contribution in [3.63, 3.8) is 0 Å². The zero-order valence-corrected chi connectivity index (χ0v) is 11.6. The molecule has 2 rings (SSSR count). The summed E-state index contributed by atoms with van der Waals surface area (Å²) in [5.74, 6) is 3.19. The number of carbonyl (C=O) groups excluding carboxylic acids is 1. The van der Waals surface area contributed by atoms with E-state index in [-0.39, 0.29) is 12.5 Å². The van der Waals surface area contributed by atoms with Gasteiger partial charge in [0.15, 0.2) is 0 Å². The summed E-state index contributed by atoms with van der Waals surface area (Å²) in [6.07, 6.45) is 6.75. The number of hydrogen-bond acceptors (Lipinski definition) is 4. The zero-order chi connectivity index (χ0) is 15.1. The molecule has 0 bridgehead atoms. The van der Waals surface area contributed by atoms with Crippen molar-refractivity contribution in [2.45, 2.75) is 0 Å². The Bertz CT molecular complexity index is 677. The smallest absolute Gasteiger partial charge is 0.255 e. The Kier molecular flexibility index (Phi) is 4.78. The Morgan fingerprint density at radius 2 is 2.14 bits per heavy atom. The molecule has 2 aromatic rings. The Morgan fingerprint density at radius 1 is 1.33 bits per heavy atom. The van der Waals surface area contributed by atoms with Gasteiger partial charge in [-0.05, 0) is 24.3 Å². The van der Waals surface area contributed by atoms with Crippen LogP contribution in [0.3, 0.4) is 0 Å². The van der Waals surface area contributed by atoms with Gasteiger partial charge in [-0.1, -0.05) is 18.1 Å². The first-order valence-corrected chi connectivity index (χ1v) is 6.33. The van der Waals surface area contributed by atoms with Crippen molar-refractivity contribution >= 4 is 17.4 Å². The lowest BCUT2D eigenvalue weighted by molar-refractivity contribution is 0.0959. The molecule has 0 aliphatic carbocycles. The molecule has 1 aromatic heterocycles. The van der Waals surface area contributed by atoms with Crippen LogP contribution in [0, 0.1) is 12.3 Å². The molecular weight excluding hydrogens is 266 g/mol. The van der Waals surface area contributed by atoms with Crippen LogP contribution in [-0.2, 0) is 0 Å². The maximum Gasteiger partial charge on any atom is 0.255 e. The number of pyridine rings is 1. The average molecular weight is 281 g/mol. The fourth-order valence-corrected chi connectivity index (χ4v) is 1.79. The number of amides is 1. The lowest BCUT2D eigenvalue weighted by atomic mass is 10.2. The minimum absolute atomic E-state index is 0.168. The largest absolute Gasteiger partial charge is 0.495 e. The normalized spacial score (nSPS) is 9.52. The summed E-state index contributed by atoms with van der Waals surface area (Å²) >= 11 is 0. The van der Waals surface area contributed by atoms with Crippen molar-refractivity contribution in [2.75, 3.05) is 19.0 Å². The lowest BCUT2D eigenvalue weighted by Gasteiger charge is -2.13. The third kappa shape index (κ3) is 3.51. The van der Waals surface area contributed by atoms with Crippen LogP contribution in [0.1, 0.15) is 10.4 Å². The number of aromatic nitrogens is 1. The standard InChI is InChI=1S/C16H15N3O2/c1-3-10-18-16(20)12-7-6-11-17-15(12)19-13-8-4-5-9-14(13)21-2/h1,4-9,11H,10H2,2H3,(H,17,19)(H,18,20). The SMILES string of the molecule is C#CCNC(=O)c1cccnc1Nc1ccccc1OC. The minimum Gasteiger partial charge on any atom is -0.495 e. The van der Waals surface area contributed by atoms with Gasteiger partial charge in [0.05, 0.1) is 24.9 Å². The third-order valence-corrected chi connectivity index (χ3v) is 2.76. The van der Waals surface area contributed by atoms with Gasteiger partial charge in [0.2, 0.25) is 0 Å².